The summed E-state index contributed by atoms with van der Waals surface area (Å²) in [6.07, 6.45) is 7.33. The van der Waals surface area contributed by atoms with Gasteiger partial charge in [0.2, 0.25) is 0 Å². The van der Waals surface area contributed by atoms with Gasteiger partial charge in [-0.2, -0.15) is 0 Å². The topological polar surface area (TPSA) is 38.3 Å². The zero-order valence-corrected chi connectivity index (χ0v) is 15.9. The Morgan fingerprint density at radius 1 is 1.21 bits per heavy atom. The Hall–Kier alpha value is -1.61. The molecule has 1 unspecified atom stereocenters. The minimum atomic E-state index is -0.492. The summed E-state index contributed by atoms with van der Waals surface area (Å²) in [5.41, 5.74) is 1.32. The van der Waals surface area contributed by atoms with Crippen molar-refractivity contribution < 1.29 is 9.53 Å². The molecule has 0 radical (unpaired) electrons. The standard InChI is InChI=1S/C21H33NO2/c1-6-7-8-12-15-21(4,24-5)20(16-19(23)17(2)3)22-18-13-10-9-11-14-18/h9-11,13-14,16-17,22H,6-8,12,15H2,1-5H3. The molecule has 0 spiro atoms. The van der Waals surface area contributed by atoms with E-state index < -0.39 is 5.60 Å². The van der Waals surface area contributed by atoms with Crippen molar-refractivity contribution in [2.45, 2.75) is 65.4 Å². The fraction of sp³-hybridized carbons (Fsp3) is 0.571. The third-order valence-corrected chi connectivity index (χ3v) is 4.44. The zero-order chi connectivity index (χ0) is 18.0. The Kier molecular flexibility index (Phi) is 8.77. The van der Waals surface area contributed by atoms with Crippen LogP contribution in [-0.2, 0) is 9.53 Å². The van der Waals surface area contributed by atoms with Crippen LogP contribution in [0.4, 0.5) is 5.69 Å². The van der Waals surface area contributed by atoms with Gasteiger partial charge in [0.1, 0.15) is 5.60 Å². The highest BCUT2D eigenvalue weighted by Gasteiger charge is 2.29. The molecule has 3 nitrogen and oxygen atoms in total. The molecule has 1 atom stereocenters. The molecule has 0 fully saturated rings. The zero-order valence-electron chi connectivity index (χ0n) is 15.9. The van der Waals surface area contributed by atoms with E-state index in [0.29, 0.717) is 0 Å². The monoisotopic (exact) mass is 331 g/mol. The van der Waals surface area contributed by atoms with Gasteiger partial charge in [0, 0.05) is 24.8 Å². The minimum Gasteiger partial charge on any atom is -0.372 e. The number of anilines is 1. The summed E-state index contributed by atoms with van der Waals surface area (Å²) in [4.78, 5) is 12.3. The van der Waals surface area contributed by atoms with E-state index in [1.54, 1.807) is 13.2 Å². The normalized spacial score (nSPS) is 14.5. The summed E-state index contributed by atoms with van der Waals surface area (Å²) in [6, 6.07) is 9.95. The highest BCUT2D eigenvalue weighted by atomic mass is 16.5. The first-order valence-electron chi connectivity index (χ1n) is 9.06. The quantitative estimate of drug-likeness (QED) is 0.425. The number of rotatable bonds is 11. The Morgan fingerprint density at radius 3 is 2.42 bits per heavy atom. The van der Waals surface area contributed by atoms with Crippen LogP contribution in [-0.4, -0.2) is 18.5 Å². The lowest BCUT2D eigenvalue weighted by Gasteiger charge is -2.32. The lowest BCUT2D eigenvalue weighted by Crippen LogP contribution is -2.34. The van der Waals surface area contributed by atoms with E-state index >= 15 is 0 Å². The molecule has 0 heterocycles. The molecule has 0 amide bonds. The van der Waals surface area contributed by atoms with Crippen LogP contribution in [0, 0.1) is 5.92 Å². The second kappa shape index (κ2) is 10.3. The average Bonchev–Trinajstić information content (AvgIpc) is 2.58. The Labute approximate surface area is 147 Å². The van der Waals surface area contributed by atoms with Crippen molar-refractivity contribution in [1.29, 1.82) is 0 Å². The molecule has 0 saturated carbocycles. The van der Waals surface area contributed by atoms with E-state index in [9.17, 15) is 4.79 Å². The third kappa shape index (κ3) is 6.48. The first-order valence-corrected chi connectivity index (χ1v) is 9.06. The van der Waals surface area contributed by atoms with Crippen molar-refractivity contribution in [3.05, 3.63) is 42.1 Å². The van der Waals surface area contributed by atoms with Gasteiger partial charge >= 0.3 is 0 Å². The molecule has 0 aliphatic rings. The van der Waals surface area contributed by atoms with Crippen molar-refractivity contribution in [3.63, 3.8) is 0 Å². The van der Waals surface area contributed by atoms with E-state index in [1.165, 1.54) is 19.3 Å². The molecule has 3 heteroatoms. The van der Waals surface area contributed by atoms with E-state index in [1.807, 2.05) is 44.2 Å². The molecular weight excluding hydrogens is 298 g/mol. The largest absolute Gasteiger partial charge is 0.372 e. The number of hydrogen-bond acceptors (Lipinski definition) is 3. The number of carbonyl (C=O) groups is 1. The number of ether oxygens (including phenoxy) is 1. The number of benzene rings is 1. The minimum absolute atomic E-state index is 0.0289. The fourth-order valence-electron chi connectivity index (χ4n) is 2.54. The van der Waals surface area contributed by atoms with E-state index in [4.69, 9.17) is 4.74 Å². The first kappa shape index (κ1) is 20.4. The molecule has 24 heavy (non-hydrogen) atoms. The highest BCUT2D eigenvalue weighted by molar-refractivity contribution is 5.92. The van der Waals surface area contributed by atoms with E-state index in [0.717, 1.165) is 24.2 Å². The van der Waals surface area contributed by atoms with Crippen molar-refractivity contribution in [1.82, 2.24) is 0 Å². The van der Waals surface area contributed by atoms with Crippen LogP contribution in [0.2, 0.25) is 0 Å². The SMILES string of the molecule is CCCCCCC(C)(OC)C(=CC(=O)C(C)C)Nc1ccccc1. The third-order valence-electron chi connectivity index (χ3n) is 4.44. The predicted octanol–water partition coefficient (Wildman–Crippen LogP) is 5.58. The first-order chi connectivity index (χ1) is 11.4. The maximum absolute atomic E-state index is 12.3. The number of unbranched alkanes of at least 4 members (excludes halogenated alkanes) is 3. The predicted molar refractivity (Wildman–Crippen MR) is 102 cm³/mol. The molecule has 1 rings (SSSR count). The van der Waals surface area contributed by atoms with Gasteiger partial charge in [0.15, 0.2) is 5.78 Å². The molecule has 1 N–H and O–H groups in total. The Bertz CT molecular complexity index is 522. The summed E-state index contributed by atoms with van der Waals surface area (Å²) in [5, 5.41) is 3.41. The van der Waals surface area contributed by atoms with Gasteiger partial charge in [-0.1, -0.05) is 64.7 Å². The van der Waals surface area contributed by atoms with Crippen molar-refractivity contribution in [3.8, 4) is 0 Å². The summed E-state index contributed by atoms with van der Waals surface area (Å²) < 4.78 is 5.85. The number of ketones is 1. The van der Waals surface area contributed by atoms with Crippen molar-refractivity contribution >= 4 is 11.5 Å². The summed E-state index contributed by atoms with van der Waals surface area (Å²) >= 11 is 0. The Morgan fingerprint density at radius 2 is 1.88 bits per heavy atom. The van der Waals surface area contributed by atoms with E-state index in [-0.39, 0.29) is 11.7 Å². The van der Waals surface area contributed by atoms with Gasteiger partial charge in [0.25, 0.3) is 0 Å². The molecular formula is C21H33NO2. The van der Waals surface area contributed by atoms with Crippen LogP contribution in [0.3, 0.4) is 0 Å². The fourth-order valence-corrected chi connectivity index (χ4v) is 2.54. The van der Waals surface area contributed by atoms with Crippen LogP contribution in [0.25, 0.3) is 0 Å². The van der Waals surface area contributed by atoms with Crippen LogP contribution < -0.4 is 5.32 Å². The smallest absolute Gasteiger partial charge is 0.160 e. The number of allylic oxidation sites excluding steroid dienone is 1. The molecule has 1 aromatic rings. The van der Waals surface area contributed by atoms with E-state index in [2.05, 4.69) is 19.2 Å². The second-order valence-electron chi connectivity index (χ2n) is 6.85. The van der Waals surface area contributed by atoms with Gasteiger partial charge in [-0.3, -0.25) is 4.79 Å². The summed E-state index contributed by atoms with van der Waals surface area (Å²) in [7, 11) is 1.72. The summed E-state index contributed by atoms with van der Waals surface area (Å²) in [5.74, 6) is 0.0871. The number of methoxy groups -OCH3 is 1. The Balaban J connectivity index is 3.01. The second-order valence-corrected chi connectivity index (χ2v) is 6.85. The highest BCUT2D eigenvalue weighted by Crippen LogP contribution is 2.29. The molecule has 0 saturated heterocycles. The lowest BCUT2D eigenvalue weighted by atomic mass is 9.91. The molecule has 0 aromatic heterocycles. The molecule has 0 bridgehead atoms. The van der Waals surface area contributed by atoms with Crippen LogP contribution in [0.15, 0.2) is 42.1 Å². The van der Waals surface area contributed by atoms with Crippen LogP contribution in [0.1, 0.15) is 59.8 Å². The van der Waals surface area contributed by atoms with Gasteiger partial charge in [-0.05, 0) is 25.5 Å². The molecule has 134 valence electrons. The molecule has 0 aliphatic heterocycles. The number of nitrogens with one attached hydrogen (secondary N) is 1. The van der Waals surface area contributed by atoms with Crippen molar-refractivity contribution in [2.24, 2.45) is 5.92 Å². The van der Waals surface area contributed by atoms with Gasteiger partial charge in [-0.25, -0.2) is 0 Å². The average molecular weight is 332 g/mol. The molecule has 1 aromatic carbocycles. The maximum Gasteiger partial charge on any atom is 0.160 e. The van der Waals surface area contributed by atoms with Crippen LogP contribution >= 0.6 is 0 Å². The number of para-hydroxylation sites is 1. The van der Waals surface area contributed by atoms with Crippen LogP contribution in [0.5, 0.6) is 0 Å². The maximum atomic E-state index is 12.3. The number of carbonyl (C=O) groups excluding carboxylic acids is 1. The van der Waals surface area contributed by atoms with Gasteiger partial charge < -0.3 is 10.1 Å². The number of hydrogen-bond donors (Lipinski definition) is 1. The van der Waals surface area contributed by atoms with Gasteiger partial charge in [0.05, 0.1) is 5.70 Å². The van der Waals surface area contributed by atoms with Crippen molar-refractivity contribution in [2.75, 3.05) is 12.4 Å². The summed E-state index contributed by atoms with van der Waals surface area (Å²) in [6.45, 7) is 8.11. The van der Waals surface area contributed by atoms with Gasteiger partial charge in [-0.15, -0.1) is 0 Å². The lowest BCUT2D eigenvalue weighted by molar-refractivity contribution is -0.117. The molecule has 0 aliphatic carbocycles.